The number of thiazole rings is 1. The summed E-state index contributed by atoms with van der Waals surface area (Å²) in [6.45, 7) is 2.57. The molecule has 130 valence electrons. The van der Waals surface area contributed by atoms with Crippen LogP contribution in [0, 0.1) is 0 Å². The van der Waals surface area contributed by atoms with E-state index in [2.05, 4.69) is 5.32 Å². The molecule has 0 spiro atoms. The maximum Gasteiger partial charge on any atom is 0.308 e. The highest BCUT2D eigenvalue weighted by Crippen LogP contribution is 2.24. The van der Waals surface area contributed by atoms with Crippen molar-refractivity contribution in [3.63, 3.8) is 0 Å². The summed E-state index contributed by atoms with van der Waals surface area (Å²) in [5.74, 6) is -0.104. The number of carbonyl (C=O) groups excluding carboxylic acids is 1. The Bertz CT molecular complexity index is 994. The molecule has 0 aliphatic heterocycles. The average molecular weight is 395 g/mol. The lowest BCUT2D eigenvalue weighted by molar-refractivity contribution is -0.116. The van der Waals surface area contributed by atoms with E-state index >= 15 is 0 Å². The van der Waals surface area contributed by atoms with E-state index in [1.807, 2.05) is 31.2 Å². The zero-order chi connectivity index (χ0) is 18.0. The molecule has 0 aliphatic carbocycles. The number of aryl methyl sites for hydroxylation is 2. The third-order valence-electron chi connectivity index (χ3n) is 3.90. The van der Waals surface area contributed by atoms with Crippen LogP contribution in [0.25, 0.3) is 10.2 Å². The van der Waals surface area contributed by atoms with Crippen molar-refractivity contribution in [2.75, 3.05) is 5.32 Å². The summed E-state index contributed by atoms with van der Waals surface area (Å²) < 4.78 is 2.58. The van der Waals surface area contributed by atoms with E-state index in [1.54, 1.807) is 16.7 Å². The van der Waals surface area contributed by atoms with Gasteiger partial charge in [0.2, 0.25) is 5.91 Å². The monoisotopic (exact) mass is 394 g/mol. The molecule has 1 aromatic heterocycles. The molecule has 25 heavy (non-hydrogen) atoms. The Labute approximate surface area is 159 Å². The number of anilines is 1. The Hall–Kier alpha value is -1.82. The fraction of sp³-hybridized carbons (Fsp3) is 0.222. The van der Waals surface area contributed by atoms with Crippen molar-refractivity contribution in [1.29, 1.82) is 0 Å². The first-order valence-electron chi connectivity index (χ1n) is 7.85. The van der Waals surface area contributed by atoms with Gasteiger partial charge >= 0.3 is 4.87 Å². The molecule has 0 saturated carbocycles. The van der Waals surface area contributed by atoms with Crippen molar-refractivity contribution < 1.29 is 4.79 Å². The number of carbonyl (C=O) groups is 1. The Balaban J connectivity index is 1.68. The molecule has 1 amide bonds. The maximum atomic E-state index is 12.2. The van der Waals surface area contributed by atoms with Crippen LogP contribution in [-0.4, -0.2) is 10.5 Å². The van der Waals surface area contributed by atoms with E-state index in [0.717, 1.165) is 15.8 Å². The fourth-order valence-electron chi connectivity index (χ4n) is 2.64. The predicted molar refractivity (Wildman–Crippen MR) is 105 cm³/mol. The number of hydrogen-bond donors (Lipinski definition) is 1. The van der Waals surface area contributed by atoms with Gasteiger partial charge in [0.25, 0.3) is 0 Å². The molecule has 3 rings (SSSR count). The third-order valence-corrected chi connectivity index (χ3v) is 5.43. The third kappa shape index (κ3) is 4.06. The Morgan fingerprint density at radius 3 is 2.72 bits per heavy atom. The van der Waals surface area contributed by atoms with Crippen molar-refractivity contribution in [2.24, 2.45) is 0 Å². The fourth-order valence-corrected chi connectivity index (χ4v) is 4.14. The van der Waals surface area contributed by atoms with Crippen LogP contribution in [0.2, 0.25) is 10.0 Å². The SMILES string of the molecule is CCn1c(=O)sc2cc(NC(=O)CCc3ccc(Cl)cc3Cl)ccc21. The quantitative estimate of drug-likeness (QED) is 0.664. The van der Waals surface area contributed by atoms with Crippen LogP contribution in [0.3, 0.4) is 0 Å². The number of rotatable bonds is 5. The van der Waals surface area contributed by atoms with Crippen LogP contribution in [0.1, 0.15) is 18.9 Å². The van der Waals surface area contributed by atoms with Gasteiger partial charge in [-0.1, -0.05) is 40.6 Å². The highest BCUT2D eigenvalue weighted by molar-refractivity contribution is 7.16. The lowest BCUT2D eigenvalue weighted by Crippen LogP contribution is -2.12. The molecule has 0 unspecified atom stereocenters. The summed E-state index contributed by atoms with van der Waals surface area (Å²) in [5.41, 5.74) is 2.46. The number of amides is 1. The van der Waals surface area contributed by atoms with Gasteiger partial charge in [0.05, 0.1) is 10.2 Å². The van der Waals surface area contributed by atoms with Gasteiger partial charge in [-0.25, -0.2) is 0 Å². The lowest BCUT2D eigenvalue weighted by Gasteiger charge is -2.07. The number of fused-ring (bicyclic) bond motifs is 1. The lowest BCUT2D eigenvalue weighted by atomic mass is 10.1. The van der Waals surface area contributed by atoms with Gasteiger partial charge in [0.1, 0.15) is 0 Å². The standard InChI is InChI=1S/C18H16Cl2N2O2S/c1-2-22-15-7-6-13(10-16(15)25-18(22)24)21-17(23)8-4-11-3-5-12(19)9-14(11)20/h3,5-7,9-10H,2,4,8H2,1H3,(H,21,23). The molecular weight excluding hydrogens is 379 g/mol. The number of benzene rings is 2. The molecule has 0 saturated heterocycles. The van der Waals surface area contributed by atoms with Crippen LogP contribution < -0.4 is 10.2 Å². The highest BCUT2D eigenvalue weighted by atomic mass is 35.5. The van der Waals surface area contributed by atoms with Crippen molar-refractivity contribution in [1.82, 2.24) is 4.57 Å². The van der Waals surface area contributed by atoms with Gasteiger partial charge in [-0.2, -0.15) is 0 Å². The topological polar surface area (TPSA) is 51.1 Å². The number of aromatic nitrogens is 1. The van der Waals surface area contributed by atoms with E-state index in [0.29, 0.717) is 35.1 Å². The molecule has 1 N–H and O–H groups in total. The zero-order valence-electron chi connectivity index (χ0n) is 13.5. The van der Waals surface area contributed by atoms with Crippen LogP contribution in [-0.2, 0) is 17.8 Å². The molecule has 3 aromatic rings. The van der Waals surface area contributed by atoms with Gasteiger partial charge in [0.15, 0.2) is 0 Å². The van der Waals surface area contributed by atoms with Crippen molar-refractivity contribution >= 4 is 56.3 Å². The summed E-state index contributed by atoms with van der Waals surface area (Å²) in [6.07, 6.45) is 0.842. The number of hydrogen-bond acceptors (Lipinski definition) is 3. The Morgan fingerprint density at radius 1 is 1.20 bits per heavy atom. The largest absolute Gasteiger partial charge is 0.326 e. The molecule has 0 atom stereocenters. The molecule has 0 fully saturated rings. The second kappa shape index (κ2) is 7.60. The zero-order valence-corrected chi connectivity index (χ0v) is 15.8. The molecule has 4 nitrogen and oxygen atoms in total. The van der Waals surface area contributed by atoms with E-state index in [-0.39, 0.29) is 10.8 Å². The molecular formula is C18H16Cl2N2O2S. The molecule has 0 aliphatic rings. The van der Waals surface area contributed by atoms with Crippen LogP contribution in [0.4, 0.5) is 5.69 Å². The molecule has 0 radical (unpaired) electrons. The maximum absolute atomic E-state index is 12.2. The minimum atomic E-state index is -0.104. The number of nitrogens with zero attached hydrogens (tertiary/aromatic N) is 1. The van der Waals surface area contributed by atoms with Crippen molar-refractivity contribution in [2.45, 2.75) is 26.3 Å². The van der Waals surface area contributed by atoms with Crippen molar-refractivity contribution in [3.8, 4) is 0 Å². The van der Waals surface area contributed by atoms with E-state index in [4.69, 9.17) is 23.2 Å². The summed E-state index contributed by atoms with van der Waals surface area (Å²) >= 11 is 13.2. The smallest absolute Gasteiger partial charge is 0.308 e. The van der Waals surface area contributed by atoms with Gasteiger partial charge in [0, 0.05) is 28.7 Å². The predicted octanol–water partition coefficient (Wildman–Crippen LogP) is 4.96. The van der Waals surface area contributed by atoms with E-state index in [9.17, 15) is 9.59 Å². The molecule has 0 bridgehead atoms. The first-order chi connectivity index (χ1) is 12.0. The van der Waals surface area contributed by atoms with Gasteiger partial charge in [-0.15, -0.1) is 0 Å². The Morgan fingerprint density at radius 2 is 2.00 bits per heavy atom. The summed E-state index contributed by atoms with van der Waals surface area (Å²) in [6, 6.07) is 10.8. The van der Waals surface area contributed by atoms with Crippen LogP contribution in [0.15, 0.2) is 41.2 Å². The van der Waals surface area contributed by atoms with Crippen LogP contribution >= 0.6 is 34.5 Å². The Kier molecular flexibility index (Phi) is 5.47. The number of nitrogens with one attached hydrogen (secondary N) is 1. The number of halogens is 2. The second-order valence-corrected chi connectivity index (χ2v) is 7.42. The minimum Gasteiger partial charge on any atom is -0.326 e. The van der Waals surface area contributed by atoms with E-state index < -0.39 is 0 Å². The van der Waals surface area contributed by atoms with Gasteiger partial charge in [-0.05, 0) is 49.2 Å². The minimum absolute atomic E-state index is 0.0124. The van der Waals surface area contributed by atoms with Gasteiger partial charge in [-0.3, -0.25) is 14.2 Å². The van der Waals surface area contributed by atoms with Crippen molar-refractivity contribution in [3.05, 3.63) is 61.7 Å². The second-order valence-electron chi connectivity index (χ2n) is 5.58. The average Bonchev–Trinajstić information content (AvgIpc) is 2.88. The summed E-state index contributed by atoms with van der Waals surface area (Å²) in [5, 5.41) is 4.01. The first kappa shape index (κ1) is 18.0. The highest BCUT2D eigenvalue weighted by Gasteiger charge is 2.09. The van der Waals surface area contributed by atoms with Gasteiger partial charge < -0.3 is 5.32 Å². The van der Waals surface area contributed by atoms with Crippen LogP contribution in [0.5, 0.6) is 0 Å². The molecule has 1 heterocycles. The summed E-state index contributed by atoms with van der Waals surface area (Å²) in [4.78, 5) is 24.1. The first-order valence-corrected chi connectivity index (χ1v) is 9.42. The molecule has 2 aromatic carbocycles. The molecule has 7 heteroatoms. The summed E-state index contributed by atoms with van der Waals surface area (Å²) in [7, 11) is 0. The normalized spacial score (nSPS) is 11.0. The van der Waals surface area contributed by atoms with E-state index in [1.165, 1.54) is 11.3 Å².